The number of benzene rings is 1. The predicted molar refractivity (Wildman–Crippen MR) is 69.1 cm³/mol. The number of nitrogens with zero attached hydrogens (tertiary/aromatic N) is 2. The van der Waals surface area contributed by atoms with E-state index in [0.717, 1.165) is 4.47 Å². The van der Waals surface area contributed by atoms with Gasteiger partial charge >= 0.3 is 0 Å². The summed E-state index contributed by atoms with van der Waals surface area (Å²) in [7, 11) is 1.67. The normalized spacial score (nSPS) is 11.3. The summed E-state index contributed by atoms with van der Waals surface area (Å²) in [5.41, 5.74) is 5.93. The van der Waals surface area contributed by atoms with Gasteiger partial charge in [-0.15, -0.1) is 0 Å². The van der Waals surface area contributed by atoms with Crippen molar-refractivity contribution < 1.29 is 10.0 Å². The smallest absolute Gasteiger partial charge is 0.254 e. The maximum absolute atomic E-state index is 12.0. The lowest BCUT2D eigenvalue weighted by Gasteiger charge is -2.17. The fraction of sp³-hybridized carbons (Fsp3) is 0.273. The molecular formula is C11H14BrN3O2. The van der Waals surface area contributed by atoms with Gasteiger partial charge in [-0.2, -0.15) is 0 Å². The highest BCUT2D eigenvalue weighted by molar-refractivity contribution is 9.10. The molecule has 0 bridgehead atoms. The van der Waals surface area contributed by atoms with E-state index in [1.165, 1.54) is 4.90 Å². The van der Waals surface area contributed by atoms with Crippen LogP contribution in [0.25, 0.3) is 0 Å². The van der Waals surface area contributed by atoms with Crippen LogP contribution in [0.4, 0.5) is 0 Å². The van der Waals surface area contributed by atoms with E-state index in [2.05, 4.69) is 21.1 Å². The summed E-state index contributed by atoms with van der Waals surface area (Å²) >= 11 is 3.32. The molecule has 6 heteroatoms. The minimum atomic E-state index is -0.108. The van der Waals surface area contributed by atoms with Gasteiger partial charge in [-0.1, -0.05) is 17.3 Å². The topological polar surface area (TPSA) is 78.9 Å². The van der Waals surface area contributed by atoms with Crippen LogP contribution < -0.4 is 5.73 Å². The molecule has 1 aromatic carbocycles. The molecular weight excluding hydrogens is 286 g/mol. The molecule has 0 heterocycles. The molecule has 1 rings (SSSR count). The summed E-state index contributed by atoms with van der Waals surface area (Å²) in [5, 5.41) is 11.3. The van der Waals surface area contributed by atoms with Gasteiger partial charge in [0.1, 0.15) is 5.84 Å². The van der Waals surface area contributed by atoms with Crippen LogP contribution in [0.3, 0.4) is 0 Å². The minimum Gasteiger partial charge on any atom is -0.409 e. The molecule has 0 fully saturated rings. The van der Waals surface area contributed by atoms with Crippen molar-refractivity contribution in [3.63, 3.8) is 0 Å². The van der Waals surface area contributed by atoms with Gasteiger partial charge in [0.05, 0.1) is 5.56 Å². The van der Waals surface area contributed by atoms with Crippen LogP contribution in [0.15, 0.2) is 33.9 Å². The molecule has 0 saturated heterocycles. The fourth-order valence-corrected chi connectivity index (χ4v) is 1.73. The quantitative estimate of drug-likeness (QED) is 0.384. The van der Waals surface area contributed by atoms with Crippen LogP contribution in [-0.4, -0.2) is 35.4 Å². The SMILES string of the molecule is CN(CC/C(N)=N/O)C(=O)c1ccccc1Br. The molecule has 0 atom stereocenters. The highest BCUT2D eigenvalue weighted by Crippen LogP contribution is 2.17. The predicted octanol–water partition coefficient (Wildman–Crippen LogP) is 1.66. The van der Waals surface area contributed by atoms with E-state index in [-0.39, 0.29) is 11.7 Å². The Labute approximate surface area is 108 Å². The van der Waals surface area contributed by atoms with Gasteiger partial charge in [-0.25, -0.2) is 0 Å². The van der Waals surface area contributed by atoms with Crippen molar-refractivity contribution in [3.8, 4) is 0 Å². The average molecular weight is 300 g/mol. The molecule has 5 nitrogen and oxygen atoms in total. The lowest BCUT2D eigenvalue weighted by molar-refractivity contribution is 0.0797. The summed E-state index contributed by atoms with van der Waals surface area (Å²) in [4.78, 5) is 13.5. The first kappa shape index (κ1) is 13.5. The van der Waals surface area contributed by atoms with Crippen LogP contribution in [0.1, 0.15) is 16.8 Å². The lowest BCUT2D eigenvalue weighted by atomic mass is 10.2. The Bertz CT molecular complexity index is 434. The van der Waals surface area contributed by atoms with Crippen molar-refractivity contribution in [1.29, 1.82) is 0 Å². The molecule has 17 heavy (non-hydrogen) atoms. The van der Waals surface area contributed by atoms with Crippen LogP contribution in [0.5, 0.6) is 0 Å². The number of halogens is 1. The van der Waals surface area contributed by atoms with Crippen molar-refractivity contribution in [3.05, 3.63) is 34.3 Å². The largest absolute Gasteiger partial charge is 0.409 e. The number of hydrogen-bond acceptors (Lipinski definition) is 3. The van der Waals surface area contributed by atoms with E-state index >= 15 is 0 Å². The Morgan fingerprint density at radius 3 is 2.76 bits per heavy atom. The zero-order valence-electron chi connectivity index (χ0n) is 9.43. The molecule has 0 aliphatic carbocycles. The number of carbonyl (C=O) groups excluding carboxylic acids is 1. The van der Waals surface area contributed by atoms with Gasteiger partial charge < -0.3 is 15.8 Å². The first-order chi connectivity index (χ1) is 8.06. The number of amides is 1. The third kappa shape index (κ3) is 3.74. The van der Waals surface area contributed by atoms with Gasteiger partial charge in [0.25, 0.3) is 5.91 Å². The minimum absolute atomic E-state index is 0.108. The van der Waals surface area contributed by atoms with Gasteiger partial charge in [0.2, 0.25) is 0 Å². The maximum atomic E-state index is 12.0. The lowest BCUT2D eigenvalue weighted by Crippen LogP contribution is -2.30. The van der Waals surface area contributed by atoms with Crippen molar-refractivity contribution in [2.45, 2.75) is 6.42 Å². The van der Waals surface area contributed by atoms with Crippen molar-refractivity contribution in [2.75, 3.05) is 13.6 Å². The van der Waals surface area contributed by atoms with Crippen LogP contribution >= 0.6 is 15.9 Å². The number of nitrogens with two attached hydrogens (primary N) is 1. The zero-order chi connectivity index (χ0) is 12.8. The van der Waals surface area contributed by atoms with Crippen molar-refractivity contribution in [2.24, 2.45) is 10.9 Å². The Hall–Kier alpha value is -1.56. The van der Waals surface area contributed by atoms with Gasteiger partial charge in [0, 0.05) is 24.5 Å². The first-order valence-electron chi connectivity index (χ1n) is 5.02. The summed E-state index contributed by atoms with van der Waals surface area (Å²) in [6, 6.07) is 7.20. The first-order valence-corrected chi connectivity index (χ1v) is 5.82. The molecule has 0 aromatic heterocycles. The van der Waals surface area contributed by atoms with Crippen molar-refractivity contribution in [1.82, 2.24) is 4.90 Å². The molecule has 0 saturated carbocycles. The molecule has 0 spiro atoms. The molecule has 0 unspecified atom stereocenters. The van der Waals surface area contributed by atoms with E-state index in [4.69, 9.17) is 10.9 Å². The van der Waals surface area contributed by atoms with E-state index in [9.17, 15) is 4.79 Å². The number of hydrogen-bond donors (Lipinski definition) is 2. The number of oxime groups is 1. The van der Waals surface area contributed by atoms with Gasteiger partial charge in [-0.05, 0) is 28.1 Å². The Morgan fingerprint density at radius 1 is 1.53 bits per heavy atom. The summed E-state index contributed by atoms with van der Waals surface area (Å²) in [6.45, 7) is 0.399. The number of amidine groups is 1. The fourth-order valence-electron chi connectivity index (χ4n) is 1.27. The maximum Gasteiger partial charge on any atom is 0.254 e. The zero-order valence-corrected chi connectivity index (χ0v) is 11.0. The second kappa shape index (κ2) is 6.24. The Morgan fingerprint density at radius 2 is 2.18 bits per heavy atom. The third-order valence-corrected chi connectivity index (χ3v) is 2.97. The molecule has 92 valence electrons. The van der Waals surface area contributed by atoms with Crippen molar-refractivity contribution >= 4 is 27.7 Å². The molecule has 1 amide bonds. The molecule has 0 radical (unpaired) electrons. The monoisotopic (exact) mass is 299 g/mol. The van der Waals surface area contributed by atoms with E-state index in [1.807, 2.05) is 12.1 Å². The van der Waals surface area contributed by atoms with Crippen LogP contribution in [0.2, 0.25) is 0 Å². The summed E-state index contributed by atoms with van der Waals surface area (Å²) < 4.78 is 0.751. The molecule has 0 aliphatic heterocycles. The average Bonchev–Trinajstić information content (AvgIpc) is 2.35. The van der Waals surface area contributed by atoms with Crippen LogP contribution in [0, 0.1) is 0 Å². The number of rotatable bonds is 4. The molecule has 3 N–H and O–H groups in total. The third-order valence-electron chi connectivity index (χ3n) is 2.28. The number of carbonyl (C=O) groups is 1. The second-order valence-electron chi connectivity index (χ2n) is 3.55. The standard InChI is InChI=1S/C11H14BrN3O2/c1-15(7-6-10(13)14-17)11(16)8-4-2-3-5-9(8)12/h2-5,17H,6-7H2,1H3,(H2,13,14). The summed E-state index contributed by atoms with van der Waals surface area (Å²) in [6.07, 6.45) is 0.337. The molecule has 0 aliphatic rings. The van der Waals surface area contributed by atoms with E-state index in [0.29, 0.717) is 18.5 Å². The Kier molecular flexibility index (Phi) is 4.96. The molecule has 1 aromatic rings. The van der Waals surface area contributed by atoms with E-state index in [1.54, 1.807) is 19.2 Å². The second-order valence-corrected chi connectivity index (χ2v) is 4.40. The van der Waals surface area contributed by atoms with Crippen LogP contribution in [-0.2, 0) is 0 Å². The highest BCUT2D eigenvalue weighted by Gasteiger charge is 2.14. The highest BCUT2D eigenvalue weighted by atomic mass is 79.9. The van der Waals surface area contributed by atoms with Gasteiger partial charge in [0.15, 0.2) is 0 Å². The Balaban J connectivity index is 2.68. The summed E-state index contributed by atoms with van der Waals surface area (Å²) in [5.74, 6) is -0.00000726. The van der Waals surface area contributed by atoms with E-state index < -0.39 is 0 Å². The van der Waals surface area contributed by atoms with Gasteiger partial charge in [-0.3, -0.25) is 4.79 Å².